The van der Waals surface area contributed by atoms with Gasteiger partial charge in [0.15, 0.2) is 0 Å². The Bertz CT molecular complexity index is 829. The van der Waals surface area contributed by atoms with E-state index in [2.05, 4.69) is 16.9 Å². The van der Waals surface area contributed by atoms with Gasteiger partial charge in [-0.05, 0) is 31.0 Å². The number of hydrogen-bond donors (Lipinski definition) is 0. The van der Waals surface area contributed by atoms with Crippen LogP contribution in [0.2, 0.25) is 0 Å². The first kappa shape index (κ1) is 17.9. The lowest BCUT2D eigenvalue weighted by molar-refractivity contribution is -0.168. The normalized spacial score (nSPS) is 16.9. The Kier molecular flexibility index (Phi) is 4.83. The molecule has 6 heteroatoms. The molecule has 27 heavy (non-hydrogen) atoms. The highest BCUT2D eigenvalue weighted by molar-refractivity contribution is 5.80. The van der Waals surface area contributed by atoms with Gasteiger partial charge in [0.2, 0.25) is 5.91 Å². The Morgan fingerprint density at radius 2 is 2.04 bits per heavy atom. The Labute approximate surface area is 159 Å². The number of likely N-dealkylation sites (tertiary alicyclic amines) is 1. The van der Waals surface area contributed by atoms with Crippen molar-refractivity contribution >= 4 is 5.91 Å². The van der Waals surface area contributed by atoms with Crippen LogP contribution in [0.4, 0.5) is 0 Å². The molecule has 0 bridgehead atoms. The summed E-state index contributed by atoms with van der Waals surface area (Å²) in [5.41, 5.74) is 2.61. The fraction of sp³-hybridized carbons (Fsp3) is 0.476. The number of fused-ring (bicyclic) bond motifs is 2. The molecule has 3 heterocycles. The number of aryl methyl sites for hydroxylation is 1. The smallest absolute Gasteiger partial charge is 0.227 e. The number of carbonyl (C=O) groups is 1. The van der Waals surface area contributed by atoms with Crippen molar-refractivity contribution < 1.29 is 14.3 Å². The largest absolute Gasteiger partial charge is 0.494 e. The van der Waals surface area contributed by atoms with Gasteiger partial charge in [0.1, 0.15) is 17.2 Å². The quantitative estimate of drug-likeness (QED) is 0.785. The molecule has 1 aromatic heterocycles. The average Bonchev–Trinajstić information content (AvgIpc) is 3.01. The first-order valence-electron chi connectivity index (χ1n) is 9.62. The number of nitrogens with zero attached hydrogens (tertiary/aromatic N) is 3. The molecule has 1 saturated heterocycles. The van der Waals surface area contributed by atoms with Gasteiger partial charge in [-0.25, -0.2) is 9.97 Å². The van der Waals surface area contributed by atoms with E-state index in [4.69, 9.17) is 9.47 Å². The van der Waals surface area contributed by atoms with Crippen molar-refractivity contribution in [3.63, 3.8) is 0 Å². The summed E-state index contributed by atoms with van der Waals surface area (Å²) in [6.45, 7) is 6.37. The molecule has 6 nitrogen and oxygen atoms in total. The van der Waals surface area contributed by atoms with E-state index in [1.54, 1.807) is 0 Å². The summed E-state index contributed by atoms with van der Waals surface area (Å²) in [5.74, 6) is 1.82. The van der Waals surface area contributed by atoms with Crippen molar-refractivity contribution in [2.45, 2.75) is 45.3 Å². The first-order valence-corrected chi connectivity index (χ1v) is 9.62. The third-order valence-corrected chi connectivity index (χ3v) is 5.20. The van der Waals surface area contributed by atoms with Crippen molar-refractivity contribution in [1.29, 1.82) is 0 Å². The summed E-state index contributed by atoms with van der Waals surface area (Å²) in [4.78, 5) is 23.6. The number of carbonyl (C=O) groups excluding carboxylic acids is 1. The van der Waals surface area contributed by atoms with Crippen LogP contribution in [0.1, 0.15) is 42.9 Å². The zero-order chi connectivity index (χ0) is 18.9. The van der Waals surface area contributed by atoms with E-state index in [1.165, 1.54) is 0 Å². The minimum atomic E-state index is -0.408. The fourth-order valence-electron chi connectivity index (χ4n) is 3.74. The molecule has 1 spiro atoms. The van der Waals surface area contributed by atoms with Crippen molar-refractivity contribution in [3.05, 3.63) is 53.1 Å². The summed E-state index contributed by atoms with van der Waals surface area (Å²) in [7, 11) is 0. The highest BCUT2D eigenvalue weighted by Gasteiger charge is 2.52. The molecule has 1 fully saturated rings. The van der Waals surface area contributed by atoms with Crippen LogP contribution in [0, 0.1) is 0 Å². The number of amides is 1. The molecular formula is C21H25N3O3. The fourth-order valence-corrected chi connectivity index (χ4v) is 3.74. The molecule has 1 amide bonds. The minimum absolute atomic E-state index is 0.116. The van der Waals surface area contributed by atoms with E-state index < -0.39 is 5.60 Å². The molecule has 142 valence electrons. The van der Waals surface area contributed by atoms with Gasteiger partial charge in [0.25, 0.3) is 0 Å². The van der Waals surface area contributed by atoms with E-state index in [1.807, 2.05) is 42.3 Å². The maximum absolute atomic E-state index is 12.6. The van der Waals surface area contributed by atoms with E-state index in [-0.39, 0.29) is 5.91 Å². The second kappa shape index (κ2) is 7.27. The Balaban J connectivity index is 1.37. The molecule has 0 radical (unpaired) electrons. The lowest BCUT2D eigenvalue weighted by atomic mass is 9.87. The monoisotopic (exact) mass is 367 g/mol. The van der Waals surface area contributed by atoms with Gasteiger partial charge in [-0.3, -0.25) is 4.79 Å². The topological polar surface area (TPSA) is 64.6 Å². The summed E-state index contributed by atoms with van der Waals surface area (Å²) in [6.07, 6.45) is 4.20. The summed E-state index contributed by atoms with van der Waals surface area (Å²) < 4.78 is 11.5. The number of aromatic nitrogens is 2. The molecule has 4 rings (SSSR count). The summed E-state index contributed by atoms with van der Waals surface area (Å²) in [6, 6.07) is 7.71. The zero-order valence-corrected chi connectivity index (χ0v) is 15.9. The maximum atomic E-state index is 12.6. The molecule has 2 aliphatic rings. The number of ether oxygens (including phenoxy) is 2. The molecule has 0 atom stereocenters. The van der Waals surface area contributed by atoms with Crippen molar-refractivity contribution in [2.75, 3.05) is 19.7 Å². The number of rotatable bonds is 6. The highest BCUT2D eigenvalue weighted by Crippen LogP contribution is 2.42. The van der Waals surface area contributed by atoms with Crippen LogP contribution in [0.5, 0.6) is 5.75 Å². The van der Waals surface area contributed by atoms with Gasteiger partial charge in [-0.15, -0.1) is 0 Å². The van der Waals surface area contributed by atoms with E-state index in [9.17, 15) is 4.79 Å². The van der Waals surface area contributed by atoms with Crippen LogP contribution >= 0.6 is 0 Å². The van der Waals surface area contributed by atoms with Crippen molar-refractivity contribution in [3.8, 4) is 5.75 Å². The highest BCUT2D eigenvalue weighted by atomic mass is 16.5. The van der Waals surface area contributed by atoms with E-state index in [0.29, 0.717) is 32.7 Å². The molecule has 2 aromatic rings. The second-order valence-corrected chi connectivity index (χ2v) is 7.18. The predicted molar refractivity (Wildman–Crippen MR) is 100 cm³/mol. The maximum Gasteiger partial charge on any atom is 0.227 e. The van der Waals surface area contributed by atoms with Crippen LogP contribution in [0.25, 0.3) is 0 Å². The lowest BCUT2D eigenvalue weighted by Crippen LogP contribution is -2.61. The SMILES string of the molecule is CCCc1ncc2c(n1)COC21CN(C(=O)Cc2ccc(OCC)cc2)C1. The van der Waals surface area contributed by atoms with E-state index >= 15 is 0 Å². The molecule has 1 aromatic carbocycles. The van der Waals surface area contributed by atoms with Gasteiger partial charge in [-0.2, -0.15) is 0 Å². The molecule has 0 saturated carbocycles. The molecular weight excluding hydrogens is 342 g/mol. The Morgan fingerprint density at radius 3 is 2.74 bits per heavy atom. The van der Waals surface area contributed by atoms with Gasteiger partial charge >= 0.3 is 0 Å². The first-order chi connectivity index (χ1) is 13.1. The van der Waals surface area contributed by atoms with Gasteiger partial charge in [0, 0.05) is 18.2 Å². The van der Waals surface area contributed by atoms with Gasteiger partial charge in [-0.1, -0.05) is 19.1 Å². The van der Waals surface area contributed by atoms with Crippen molar-refractivity contribution in [1.82, 2.24) is 14.9 Å². The number of benzene rings is 1. The minimum Gasteiger partial charge on any atom is -0.494 e. The van der Waals surface area contributed by atoms with Crippen LogP contribution < -0.4 is 4.74 Å². The van der Waals surface area contributed by atoms with Crippen LogP contribution in [-0.2, 0) is 34.6 Å². The third-order valence-electron chi connectivity index (χ3n) is 5.20. The molecule has 2 aliphatic heterocycles. The molecule has 0 N–H and O–H groups in total. The van der Waals surface area contributed by atoms with Gasteiger partial charge in [0.05, 0.1) is 38.4 Å². The Morgan fingerprint density at radius 1 is 1.26 bits per heavy atom. The predicted octanol–water partition coefficient (Wildman–Crippen LogP) is 2.64. The Hall–Kier alpha value is -2.47. The van der Waals surface area contributed by atoms with Crippen molar-refractivity contribution in [2.24, 2.45) is 0 Å². The third kappa shape index (κ3) is 3.41. The summed E-state index contributed by atoms with van der Waals surface area (Å²) in [5, 5.41) is 0. The van der Waals surface area contributed by atoms with E-state index in [0.717, 1.165) is 41.2 Å². The van der Waals surface area contributed by atoms with Crippen LogP contribution in [0.3, 0.4) is 0 Å². The zero-order valence-electron chi connectivity index (χ0n) is 15.9. The average molecular weight is 367 g/mol. The standard InChI is InChI=1S/C21H25N3O3/c1-3-5-19-22-11-17-18(23-19)12-27-21(17)13-24(14-21)20(25)10-15-6-8-16(9-7-15)26-4-2/h6-9,11H,3-5,10,12-14H2,1-2H3. The summed E-state index contributed by atoms with van der Waals surface area (Å²) >= 11 is 0. The number of hydrogen-bond acceptors (Lipinski definition) is 5. The lowest BCUT2D eigenvalue weighted by Gasteiger charge is -2.47. The van der Waals surface area contributed by atoms with Crippen LogP contribution in [-0.4, -0.2) is 40.5 Å². The van der Waals surface area contributed by atoms with Gasteiger partial charge < -0.3 is 14.4 Å². The molecule has 0 aliphatic carbocycles. The second-order valence-electron chi connectivity index (χ2n) is 7.18. The molecule has 0 unspecified atom stereocenters. The van der Waals surface area contributed by atoms with Crippen LogP contribution in [0.15, 0.2) is 30.5 Å².